The lowest BCUT2D eigenvalue weighted by molar-refractivity contribution is -0.142. The number of ether oxygens (including phenoxy) is 1. The highest BCUT2D eigenvalue weighted by atomic mass is 32.1. The fraction of sp³-hybridized carbons (Fsp3) is 0.375. The van der Waals surface area contributed by atoms with Gasteiger partial charge in [-0.15, -0.1) is 11.3 Å². The minimum Gasteiger partial charge on any atom is -0.480 e. The molecule has 6 heteroatoms. The normalized spacial score (nSPS) is 19.7. The average Bonchev–Trinajstić information content (AvgIpc) is 2.97. The van der Waals surface area contributed by atoms with Crippen LogP contribution in [0.3, 0.4) is 0 Å². The van der Waals surface area contributed by atoms with Gasteiger partial charge in [0.2, 0.25) is 0 Å². The Kier molecular flexibility index (Phi) is 4.40. The van der Waals surface area contributed by atoms with Gasteiger partial charge in [0.25, 0.3) is 5.91 Å². The summed E-state index contributed by atoms with van der Waals surface area (Å²) in [5, 5.41) is 14.7. The van der Waals surface area contributed by atoms with Gasteiger partial charge in [0.05, 0.1) is 12.2 Å². The Balaban J connectivity index is 1.80. The summed E-state index contributed by atoms with van der Waals surface area (Å²) in [5.41, 5.74) is 0.531. The summed E-state index contributed by atoms with van der Waals surface area (Å²) in [7, 11) is 0. The zero-order valence-electron chi connectivity index (χ0n) is 12.0. The fourth-order valence-corrected chi connectivity index (χ4v) is 3.72. The van der Waals surface area contributed by atoms with Crippen LogP contribution in [-0.2, 0) is 9.53 Å². The monoisotopic (exact) mass is 319 g/mol. The summed E-state index contributed by atoms with van der Waals surface area (Å²) in [6, 6.07) is 6.70. The molecule has 2 heterocycles. The average molecular weight is 319 g/mol. The number of aliphatic carboxylic acids is 1. The number of rotatable bonds is 4. The molecule has 2 aromatic rings. The first-order valence-corrected chi connectivity index (χ1v) is 8.12. The minimum atomic E-state index is -1.01. The van der Waals surface area contributed by atoms with Crippen molar-refractivity contribution in [2.45, 2.75) is 18.9 Å². The standard InChI is InChI=1S/C16H17NO4S/c18-15(12-9-22-13-6-2-1-5-11(12)13)17-14(16(19)20)10-4-3-7-21-8-10/h1-2,5-6,9-10,14H,3-4,7-8H2,(H,17,18)(H,19,20). The van der Waals surface area contributed by atoms with E-state index in [4.69, 9.17) is 4.74 Å². The highest BCUT2D eigenvalue weighted by Crippen LogP contribution is 2.26. The van der Waals surface area contributed by atoms with Crippen LogP contribution in [0.5, 0.6) is 0 Å². The van der Waals surface area contributed by atoms with E-state index in [2.05, 4.69) is 5.32 Å². The number of thiophene rings is 1. The van der Waals surface area contributed by atoms with Gasteiger partial charge in [-0.05, 0) is 18.9 Å². The fourth-order valence-electron chi connectivity index (χ4n) is 2.78. The zero-order chi connectivity index (χ0) is 15.5. The summed E-state index contributed by atoms with van der Waals surface area (Å²) in [6.07, 6.45) is 1.58. The van der Waals surface area contributed by atoms with E-state index in [-0.39, 0.29) is 11.8 Å². The van der Waals surface area contributed by atoms with Gasteiger partial charge < -0.3 is 15.2 Å². The molecule has 0 radical (unpaired) electrons. The minimum absolute atomic E-state index is 0.180. The van der Waals surface area contributed by atoms with Crippen molar-refractivity contribution < 1.29 is 19.4 Å². The second-order valence-electron chi connectivity index (χ2n) is 5.41. The van der Waals surface area contributed by atoms with E-state index >= 15 is 0 Å². The van der Waals surface area contributed by atoms with Crippen molar-refractivity contribution in [2.75, 3.05) is 13.2 Å². The van der Waals surface area contributed by atoms with Crippen LogP contribution < -0.4 is 5.32 Å². The van der Waals surface area contributed by atoms with Crippen molar-refractivity contribution in [1.82, 2.24) is 5.32 Å². The van der Waals surface area contributed by atoms with E-state index in [9.17, 15) is 14.7 Å². The number of fused-ring (bicyclic) bond motifs is 1. The van der Waals surface area contributed by atoms with Gasteiger partial charge in [-0.3, -0.25) is 4.79 Å². The third-order valence-electron chi connectivity index (χ3n) is 3.95. The maximum atomic E-state index is 12.5. The first-order chi connectivity index (χ1) is 10.7. The summed E-state index contributed by atoms with van der Waals surface area (Å²) in [6.45, 7) is 1.04. The summed E-state index contributed by atoms with van der Waals surface area (Å²) >= 11 is 1.48. The SMILES string of the molecule is O=C(NC(C(=O)O)C1CCCOC1)c1csc2ccccc12. The molecule has 0 aliphatic carbocycles. The van der Waals surface area contributed by atoms with E-state index in [0.717, 1.165) is 22.9 Å². The van der Waals surface area contributed by atoms with Crippen molar-refractivity contribution in [3.63, 3.8) is 0 Å². The molecule has 1 aromatic carbocycles. The van der Waals surface area contributed by atoms with Crippen LogP contribution in [0.2, 0.25) is 0 Å². The number of hydrogen-bond donors (Lipinski definition) is 2. The molecule has 1 aliphatic heterocycles. The Bertz CT molecular complexity index is 690. The molecular weight excluding hydrogens is 302 g/mol. The van der Waals surface area contributed by atoms with Gasteiger partial charge in [-0.25, -0.2) is 4.79 Å². The highest BCUT2D eigenvalue weighted by molar-refractivity contribution is 7.17. The molecule has 1 saturated heterocycles. The first kappa shape index (κ1) is 15.0. The largest absolute Gasteiger partial charge is 0.480 e. The predicted molar refractivity (Wildman–Crippen MR) is 84.3 cm³/mol. The van der Waals surface area contributed by atoms with Crippen LogP contribution in [0, 0.1) is 5.92 Å². The van der Waals surface area contributed by atoms with E-state index < -0.39 is 12.0 Å². The van der Waals surface area contributed by atoms with E-state index in [1.807, 2.05) is 24.3 Å². The Morgan fingerprint density at radius 1 is 1.36 bits per heavy atom. The molecule has 22 heavy (non-hydrogen) atoms. The topological polar surface area (TPSA) is 75.6 Å². The molecule has 1 fully saturated rings. The molecule has 0 saturated carbocycles. The quantitative estimate of drug-likeness (QED) is 0.908. The van der Waals surface area contributed by atoms with Crippen LogP contribution in [-0.4, -0.2) is 36.2 Å². The Morgan fingerprint density at radius 2 is 2.18 bits per heavy atom. The number of amides is 1. The lowest BCUT2D eigenvalue weighted by Crippen LogP contribution is -2.48. The Hall–Kier alpha value is -1.92. The number of carboxylic acids is 1. The van der Waals surface area contributed by atoms with Crippen LogP contribution in [0.15, 0.2) is 29.6 Å². The molecule has 3 rings (SSSR count). The molecular formula is C16H17NO4S. The smallest absolute Gasteiger partial charge is 0.326 e. The molecule has 2 N–H and O–H groups in total. The lowest BCUT2D eigenvalue weighted by atomic mass is 9.93. The summed E-state index contributed by atoms with van der Waals surface area (Å²) < 4.78 is 6.36. The molecule has 1 aromatic heterocycles. The summed E-state index contributed by atoms with van der Waals surface area (Å²) in [4.78, 5) is 24.0. The van der Waals surface area contributed by atoms with Crippen molar-refractivity contribution in [2.24, 2.45) is 5.92 Å². The maximum absolute atomic E-state index is 12.5. The lowest BCUT2D eigenvalue weighted by Gasteiger charge is -2.28. The van der Waals surface area contributed by atoms with Gasteiger partial charge in [-0.2, -0.15) is 0 Å². The van der Waals surface area contributed by atoms with Crippen molar-refractivity contribution in [3.8, 4) is 0 Å². The third-order valence-corrected chi connectivity index (χ3v) is 4.91. The van der Waals surface area contributed by atoms with Crippen molar-refractivity contribution in [1.29, 1.82) is 0 Å². The number of nitrogens with one attached hydrogen (secondary N) is 1. The Morgan fingerprint density at radius 3 is 2.91 bits per heavy atom. The maximum Gasteiger partial charge on any atom is 0.326 e. The number of benzene rings is 1. The predicted octanol–water partition coefficient (Wildman–Crippen LogP) is 2.51. The number of carbonyl (C=O) groups is 2. The highest BCUT2D eigenvalue weighted by Gasteiger charge is 2.32. The van der Waals surface area contributed by atoms with Gasteiger partial charge >= 0.3 is 5.97 Å². The third kappa shape index (κ3) is 2.98. The molecule has 1 amide bonds. The second kappa shape index (κ2) is 6.46. The van der Waals surface area contributed by atoms with E-state index in [1.54, 1.807) is 5.38 Å². The van der Waals surface area contributed by atoms with Crippen LogP contribution >= 0.6 is 11.3 Å². The molecule has 0 bridgehead atoms. The number of carboxylic acid groups (broad SMARTS) is 1. The zero-order valence-corrected chi connectivity index (χ0v) is 12.8. The second-order valence-corrected chi connectivity index (χ2v) is 6.32. The first-order valence-electron chi connectivity index (χ1n) is 7.24. The van der Waals surface area contributed by atoms with Crippen molar-refractivity contribution >= 4 is 33.3 Å². The van der Waals surface area contributed by atoms with E-state index in [1.165, 1.54) is 11.3 Å². The van der Waals surface area contributed by atoms with E-state index in [0.29, 0.717) is 18.8 Å². The van der Waals surface area contributed by atoms with Gasteiger partial charge in [-0.1, -0.05) is 18.2 Å². The van der Waals surface area contributed by atoms with Crippen molar-refractivity contribution in [3.05, 3.63) is 35.2 Å². The van der Waals surface area contributed by atoms with Crippen LogP contribution in [0.4, 0.5) is 0 Å². The molecule has 5 nitrogen and oxygen atoms in total. The Labute approximate surface area is 131 Å². The van der Waals surface area contributed by atoms with Crippen LogP contribution in [0.1, 0.15) is 23.2 Å². The molecule has 116 valence electrons. The van der Waals surface area contributed by atoms with Gasteiger partial charge in [0.15, 0.2) is 0 Å². The number of carbonyl (C=O) groups excluding carboxylic acids is 1. The summed E-state index contributed by atoms with van der Waals surface area (Å²) in [5.74, 6) is -1.53. The van der Waals surface area contributed by atoms with Gasteiger partial charge in [0, 0.05) is 28.0 Å². The molecule has 2 unspecified atom stereocenters. The molecule has 1 aliphatic rings. The number of hydrogen-bond acceptors (Lipinski definition) is 4. The molecule has 0 spiro atoms. The van der Waals surface area contributed by atoms with Crippen LogP contribution in [0.25, 0.3) is 10.1 Å². The van der Waals surface area contributed by atoms with Gasteiger partial charge in [0.1, 0.15) is 6.04 Å². The molecule has 2 atom stereocenters.